The summed E-state index contributed by atoms with van der Waals surface area (Å²) in [6, 6.07) is 24.8. The average Bonchev–Trinajstić information content (AvgIpc) is 3.17. The number of anilines is 4. The fourth-order valence-electron chi connectivity index (χ4n) is 4.43. The minimum Gasteiger partial charge on any atom is -0.351 e. The second kappa shape index (κ2) is 18.5. The van der Waals surface area contributed by atoms with Gasteiger partial charge in [0.25, 0.3) is 35.0 Å². The lowest BCUT2D eigenvalue weighted by Gasteiger charge is -2.12. The van der Waals surface area contributed by atoms with Crippen LogP contribution >= 0.6 is 23.2 Å². The normalized spacial score (nSPS) is 10.1. The Morgan fingerprint density at radius 1 is 0.527 bits per heavy atom. The van der Waals surface area contributed by atoms with Gasteiger partial charge in [-0.3, -0.25) is 44.2 Å². The first-order valence-electron chi connectivity index (χ1n) is 15.7. The number of hydrogen-bond acceptors (Lipinski definition) is 9. The SMILES string of the molecule is CN(C)C=O.O=C(Nc1ccc(NC(=O)c2ccc(C(=O)Nc3ccc(NC(=O)c4ccc([N+](=O)[O-])cc4)cc3Cl)cc2)c(Cl)c1)c1ccc([N+](=O)[O-])cc1. The van der Waals surface area contributed by atoms with Gasteiger partial charge in [0, 0.05) is 72.0 Å². The van der Waals surface area contributed by atoms with E-state index in [4.69, 9.17) is 23.2 Å². The van der Waals surface area contributed by atoms with Crippen LogP contribution in [-0.4, -0.2) is 58.9 Å². The summed E-state index contributed by atoms with van der Waals surface area (Å²) in [4.78, 5) is 82.2. The first-order chi connectivity index (χ1) is 26.1. The van der Waals surface area contributed by atoms with Crippen molar-refractivity contribution in [1.29, 1.82) is 0 Å². The standard InChI is InChI=1S/C34H22Cl2N6O8.C3H7NO/c35-27-17-23(37-31(43)21-5-11-25(12-6-21)41(47)48)9-15-29(27)39-33(45)19-1-2-20(4-3-19)34(46)40-30-16-10-24(18-28(30)36)38-32(44)22-7-13-26(14-8-22)42(49)50;1-4(2)3-5/h1-18H,(H,37,43)(H,38,44)(H,39,45)(H,40,46);3H,1-2H3. The van der Waals surface area contributed by atoms with Crippen LogP contribution in [0.3, 0.4) is 0 Å². The van der Waals surface area contributed by atoms with Gasteiger partial charge in [-0.1, -0.05) is 23.2 Å². The summed E-state index contributed by atoms with van der Waals surface area (Å²) >= 11 is 12.7. The molecule has 0 aliphatic rings. The van der Waals surface area contributed by atoms with E-state index in [0.29, 0.717) is 11.4 Å². The third-order valence-electron chi connectivity index (χ3n) is 7.25. The van der Waals surface area contributed by atoms with Gasteiger partial charge < -0.3 is 26.2 Å². The van der Waals surface area contributed by atoms with Crippen molar-refractivity contribution >= 4 is 87.4 Å². The molecule has 4 N–H and O–H groups in total. The van der Waals surface area contributed by atoms with Crippen molar-refractivity contribution in [3.63, 3.8) is 0 Å². The molecular weight excluding hydrogens is 757 g/mol. The van der Waals surface area contributed by atoms with E-state index in [-0.39, 0.29) is 55.0 Å². The fraction of sp³-hybridized carbons (Fsp3) is 0.0541. The number of nitrogens with one attached hydrogen (secondary N) is 4. The van der Waals surface area contributed by atoms with Crippen LogP contribution in [0, 0.1) is 20.2 Å². The first-order valence-corrected chi connectivity index (χ1v) is 16.5. The van der Waals surface area contributed by atoms with Crippen molar-refractivity contribution in [3.8, 4) is 0 Å². The van der Waals surface area contributed by atoms with Crippen molar-refractivity contribution in [1.82, 2.24) is 4.90 Å². The topological polar surface area (TPSA) is 223 Å². The first kappa shape index (κ1) is 40.6. The van der Waals surface area contributed by atoms with Gasteiger partial charge in [-0.15, -0.1) is 0 Å². The lowest BCUT2D eigenvalue weighted by Crippen LogP contribution is -2.15. The van der Waals surface area contributed by atoms with E-state index < -0.39 is 33.5 Å². The van der Waals surface area contributed by atoms with Crippen LogP contribution in [0.15, 0.2) is 109 Å². The van der Waals surface area contributed by atoms with Crippen LogP contribution in [0.1, 0.15) is 41.4 Å². The number of nitro benzene ring substituents is 2. The molecule has 0 spiro atoms. The molecule has 0 unspecified atom stereocenters. The number of nitro groups is 2. The molecular formula is C37H29Cl2N7O9. The number of rotatable bonds is 11. The molecule has 16 nitrogen and oxygen atoms in total. The molecule has 280 valence electrons. The number of nitrogens with zero attached hydrogens (tertiary/aromatic N) is 3. The largest absolute Gasteiger partial charge is 0.351 e. The van der Waals surface area contributed by atoms with Gasteiger partial charge in [-0.05, 0) is 84.9 Å². The maximum Gasteiger partial charge on any atom is 0.269 e. The number of carbonyl (C=O) groups is 5. The van der Waals surface area contributed by atoms with E-state index in [1.54, 1.807) is 14.1 Å². The molecule has 0 saturated heterocycles. The van der Waals surface area contributed by atoms with Crippen LogP contribution in [0.2, 0.25) is 10.0 Å². The van der Waals surface area contributed by atoms with Crippen LogP contribution in [0.25, 0.3) is 0 Å². The number of carbonyl (C=O) groups excluding carboxylic acids is 5. The number of halogens is 2. The third kappa shape index (κ3) is 11.4. The minimum absolute atomic E-state index is 0.129. The molecule has 0 heterocycles. The van der Waals surface area contributed by atoms with Gasteiger partial charge in [-0.2, -0.15) is 0 Å². The van der Waals surface area contributed by atoms with Crippen molar-refractivity contribution < 1.29 is 33.8 Å². The molecule has 0 bridgehead atoms. The summed E-state index contributed by atoms with van der Waals surface area (Å²) in [5.41, 5.74) is 1.72. The van der Waals surface area contributed by atoms with Gasteiger partial charge in [0.2, 0.25) is 6.41 Å². The zero-order valence-electron chi connectivity index (χ0n) is 28.7. The summed E-state index contributed by atoms with van der Waals surface area (Å²) < 4.78 is 0. The molecule has 0 atom stereocenters. The molecule has 5 aromatic carbocycles. The second-order valence-electron chi connectivity index (χ2n) is 11.5. The summed E-state index contributed by atoms with van der Waals surface area (Å²) in [5.74, 6) is -2.06. The number of non-ortho nitro benzene ring substituents is 2. The Bertz CT molecular complexity index is 2110. The lowest BCUT2D eigenvalue weighted by atomic mass is 10.1. The van der Waals surface area contributed by atoms with Crippen LogP contribution in [-0.2, 0) is 4.79 Å². The molecule has 55 heavy (non-hydrogen) atoms. The summed E-state index contributed by atoms with van der Waals surface area (Å²) in [5, 5.41) is 32.5. The van der Waals surface area contributed by atoms with E-state index in [2.05, 4.69) is 21.3 Å². The zero-order valence-corrected chi connectivity index (χ0v) is 30.3. The highest BCUT2D eigenvalue weighted by Gasteiger charge is 2.16. The molecule has 18 heteroatoms. The number of hydrogen-bond donors (Lipinski definition) is 4. The van der Waals surface area contributed by atoms with Crippen LogP contribution < -0.4 is 21.3 Å². The molecule has 0 aliphatic heterocycles. The average molecular weight is 787 g/mol. The maximum atomic E-state index is 12.9. The van der Waals surface area contributed by atoms with Gasteiger partial charge in [0.15, 0.2) is 0 Å². The molecule has 5 rings (SSSR count). The van der Waals surface area contributed by atoms with Gasteiger partial charge >= 0.3 is 0 Å². The summed E-state index contributed by atoms with van der Waals surface area (Å²) in [6.45, 7) is 0. The fourth-order valence-corrected chi connectivity index (χ4v) is 4.88. The molecule has 0 radical (unpaired) electrons. The van der Waals surface area contributed by atoms with E-state index in [1.807, 2.05) is 0 Å². The molecule has 0 fully saturated rings. The van der Waals surface area contributed by atoms with E-state index >= 15 is 0 Å². The Kier molecular flexibility index (Phi) is 13.7. The maximum absolute atomic E-state index is 12.9. The van der Waals surface area contributed by atoms with E-state index in [0.717, 1.165) is 6.41 Å². The smallest absolute Gasteiger partial charge is 0.269 e. The van der Waals surface area contributed by atoms with Gasteiger partial charge in [0.05, 0.1) is 31.3 Å². The summed E-state index contributed by atoms with van der Waals surface area (Å²) in [6.07, 6.45) is 0.750. The monoisotopic (exact) mass is 785 g/mol. The second-order valence-corrected chi connectivity index (χ2v) is 12.3. The van der Waals surface area contributed by atoms with E-state index in [1.165, 1.54) is 114 Å². The quantitative estimate of drug-likeness (QED) is 0.0589. The van der Waals surface area contributed by atoms with E-state index in [9.17, 15) is 44.2 Å². The Balaban J connectivity index is 0.00000126. The molecule has 0 saturated carbocycles. The van der Waals surface area contributed by atoms with Crippen molar-refractivity contribution in [2.75, 3.05) is 35.4 Å². The van der Waals surface area contributed by atoms with Gasteiger partial charge in [0.1, 0.15) is 0 Å². The van der Waals surface area contributed by atoms with Crippen LogP contribution in [0.4, 0.5) is 34.1 Å². The Hall–Kier alpha value is -7.17. The van der Waals surface area contributed by atoms with Crippen molar-refractivity contribution in [2.24, 2.45) is 0 Å². The minimum atomic E-state index is -0.570. The third-order valence-corrected chi connectivity index (χ3v) is 7.88. The number of benzene rings is 5. The predicted octanol–water partition coefficient (Wildman–Crippen LogP) is 7.52. The molecule has 0 aromatic heterocycles. The lowest BCUT2D eigenvalue weighted by molar-refractivity contribution is -0.385. The Labute approximate surface area is 322 Å². The predicted molar refractivity (Wildman–Crippen MR) is 207 cm³/mol. The van der Waals surface area contributed by atoms with Crippen molar-refractivity contribution in [2.45, 2.75) is 0 Å². The Morgan fingerprint density at radius 3 is 1.05 bits per heavy atom. The zero-order chi connectivity index (χ0) is 40.2. The van der Waals surface area contributed by atoms with Crippen molar-refractivity contribution in [3.05, 3.63) is 162 Å². The highest BCUT2D eigenvalue weighted by Crippen LogP contribution is 2.28. The molecule has 0 aliphatic carbocycles. The highest BCUT2D eigenvalue weighted by molar-refractivity contribution is 6.35. The summed E-state index contributed by atoms with van der Waals surface area (Å²) in [7, 11) is 3.38. The van der Waals surface area contributed by atoms with Crippen LogP contribution in [0.5, 0.6) is 0 Å². The van der Waals surface area contributed by atoms with Gasteiger partial charge in [-0.25, -0.2) is 0 Å². The highest BCUT2D eigenvalue weighted by atomic mass is 35.5. The Morgan fingerprint density at radius 2 is 0.800 bits per heavy atom. The molecule has 5 amide bonds. The molecule has 5 aromatic rings. The number of amides is 5.